The molecule has 0 spiro atoms. The van der Waals surface area contributed by atoms with Gasteiger partial charge in [-0.1, -0.05) is 29.9 Å². The molecule has 0 bridgehead atoms. The third kappa shape index (κ3) is 3.80. The van der Waals surface area contributed by atoms with Gasteiger partial charge in [-0.3, -0.25) is 9.78 Å². The summed E-state index contributed by atoms with van der Waals surface area (Å²) in [5.74, 6) is -2.18. The second kappa shape index (κ2) is 7.92. The molecular formula is C21H22N6O4S. The minimum atomic E-state index is -4.33. The third-order valence-electron chi connectivity index (χ3n) is 5.49. The van der Waals surface area contributed by atoms with E-state index in [4.69, 9.17) is 0 Å². The van der Waals surface area contributed by atoms with E-state index in [1.54, 1.807) is 63.4 Å². The van der Waals surface area contributed by atoms with Crippen LogP contribution in [0.3, 0.4) is 0 Å². The molecule has 166 valence electrons. The summed E-state index contributed by atoms with van der Waals surface area (Å²) in [7, 11) is -4.33. The van der Waals surface area contributed by atoms with Crippen LogP contribution in [0.4, 0.5) is 0 Å². The molecule has 1 aliphatic rings. The Hall–Kier alpha value is -3.44. The Balaban J connectivity index is 1.83. The Morgan fingerprint density at radius 3 is 2.72 bits per heavy atom. The van der Waals surface area contributed by atoms with Crippen molar-refractivity contribution in [3.05, 3.63) is 71.3 Å². The zero-order chi connectivity index (χ0) is 23.1. The Morgan fingerprint density at radius 1 is 1.25 bits per heavy atom. The standard InChI is InChI=1S/C21H22N6O4S/c1-13-7-6-9-17(18(28)29)21(13,12-16-8-4-5-10-22-16)26-32(30,31)20-24-19-23-14(2)11-15(3)27(19)25-20/h4-11,17,26H,12H2,1-3H3,(H,28,29). The molecule has 0 saturated carbocycles. The molecule has 2 unspecified atom stereocenters. The first kappa shape index (κ1) is 21.8. The highest BCUT2D eigenvalue weighted by molar-refractivity contribution is 7.89. The summed E-state index contributed by atoms with van der Waals surface area (Å²) in [5, 5.41) is 13.6. The normalized spacial score (nSPS) is 21.0. The lowest BCUT2D eigenvalue weighted by atomic mass is 9.73. The lowest BCUT2D eigenvalue weighted by molar-refractivity contribution is -0.141. The van der Waals surface area contributed by atoms with Crippen molar-refractivity contribution in [2.75, 3.05) is 0 Å². The molecule has 1 aliphatic carbocycles. The summed E-state index contributed by atoms with van der Waals surface area (Å²) in [6.07, 6.45) is 6.37. The van der Waals surface area contributed by atoms with Crippen LogP contribution in [0.15, 0.2) is 59.4 Å². The van der Waals surface area contributed by atoms with Crippen LogP contribution in [0.25, 0.3) is 5.78 Å². The van der Waals surface area contributed by atoms with Gasteiger partial charge in [0.25, 0.3) is 21.0 Å². The predicted octanol–water partition coefficient (Wildman–Crippen LogP) is 1.61. The van der Waals surface area contributed by atoms with Crippen LogP contribution in [-0.4, -0.2) is 49.6 Å². The fourth-order valence-electron chi connectivity index (χ4n) is 3.93. The summed E-state index contributed by atoms with van der Waals surface area (Å²) in [6, 6.07) is 6.97. The third-order valence-corrected chi connectivity index (χ3v) is 6.78. The number of hydrogen-bond donors (Lipinski definition) is 2. The molecule has 0 amide bonds. The Bertz CT molecular complexity index is 1360. The summed E-state index contributed by atoms with van der Waals surface area (Å²) < 4.78 is 30.8. The van der Waals surface area contributed by atoms with Crippen molar-refractivity contribution in [3.8, 4) is 0 Å². The van der Waals surface area contributed by atoms with E-state index < -0.39 is 32.6 Å². The maximum atomic E-state index is 13.4. The Kier molecular flexibility index (Phi) is 5.39. The number of sulfonamides is 1. The lowest BCUT2D eigenvalue weighted by Crippen LogP contribution is -2.58. The van der Waals surface area contributed by atoms with E-state index in [0.29, 0.717) is 22.7 Å². The first-order valence-electron chi connectivity index (χ1n) is 9.86. The second-order valence-electron chi connectivity index (χ2n) is 7.77. The molecule has 3 aromatic rings. The quantitative estimate of drug-likeness (QED) is 0.573. The molecule has 2 atom stereocenters. The van der Waals surface area contributed by atoms with Gasteiger partial charge in [-0.2, -0.15) is 9.71 Å². The number of allylic oxidation sites excluding steroid dienone is 2. The van der Waals surface area contributed by atoms with Gasteiger partial charge in [0.1, 0.15) is 0 Å². The molecule has 0 aromatic carbocycles. The Morgan fingerprint density at radius 2 is 2.03 bits per heavy atom. The number of nitrogens with one attached hydrogen (secondary N) is 1. The molecule has 2 N–H and O–H groups in total. The minimum Gasteiger partial charge on any atom is -0.481 e. The van der Waals surface area contributed by atoms with Gasteiger partial charge in [0, 0.05) is 29.7 Å². The van der Waals surface area contributed by atoms with Crippen molar-refractivity contribution in [1.29, 1.82) is 0 Å². The van der Waals surface area contributed by atoms with E-state index in [1.807, 2.05) is 0 Å². The van der Waals surface area contributed by atoms with Crippen LogP contribution in [0, 0.1) is 19.8 Å². The summed E-state index contributed by atoms with van der Waals surface area (Å²) in [4.78, 5) is 24.8. The van der Waals surface area contributed by atoms with Gasteiger partial charge in [-0.15, -0.1) is 5.10 Å². The van der Waals surface area contributed by atoms with Crippen molar-refractivity contribution in [2.45, 2.75) is 37.9 Å². The van der Waals surface area contributed by atoms with Gasteiger partial charge in [0.15, 0.2) is 0 Å². The fourth-order valence-corrected chi connectivity index (χ4v) is 5.25. The van der Waals surface area contributed by atoms with Crippen LogP contribution < -0.4 is 4.72 Å². The van der Waals surface area contributed by atoms with Gasteiger partial charge in [0.2, 0.25) is 0 Å². The van der Waals surface area contributed by atoms with Gasteiger partial charge >= 0.3 is 5.97 Å². The molecule has 0 fully saturated rings. The van der Waals surface area contributed by atoms with E-state index in [0.717, 1.165) is 0 Å². The fraction of sp³-hybridized carbons (Fsp3) is 0.286. The lowest BCUT2D eigenvalue weighted by Gasteiger charge is -2.40. The van der Waals surface area contributed by atoms with Crippen LogP contribution in [0.5, 0.6) is 0 Å². The number of aliphatic carboxylic acids is 1. The first-order chi connectivity index (χ1) is 15.1. The van der Waals surface area contributed by atoms with Gasteiger partial charge < -0.3 is 5.11 Å². The number of hydrogen-bond acceptors (Lipinski definition) is 7. The smallest absolute Gasteiger partial charge is 0.312 e. The molecule has 3 aromatic heterocycles. The largest absolute Gasteiger partial charge is 0.481 e. The van der Waals surface area contributed by atoms with Gasteiger partial charge in [-0.05, 0) is 39.0 Å². The SMILES string of the molecule is CC1=CC=CC(C(=O)O)C1(Cc1ccccn1)NS(=O)(=O)c1nc2nc(C)cc(C)n2n1. The number of rotatable bonds is 6. The molecule has 3 heterocycles. The van der Waals surface area contributed by atoms with Crippen molar-refractivity contribution < 1.29 is 18.3 Å². The average molecular weight is 455 g/mol. The molecule has 10 nitrogen and oxygen atoms in total. The highest BCUT2D eigenvalue weighted by Gasteiger charge is 2.48. The summed E-state index contributed by atoms with van der Waals surface area (Å²) >= 11 is 0. The monoisotopic (exact) mass is 454 g/mol. The van der Waals surface area contributed by atoms with Gasteiger partial charge in [0.05, 0.1) is 11.5 Å². The Labute approximate surface area is 184 Å². The van der Waals surface area contributed by atoms with Gasteiger partial charge in [-0.25, -0.2) is 17.9 Å². The maximum Gasteiger partial charge on any atom is 0.312 e. The van der Waals surface area contributed by atoms with Crippen LogP contribution in [0.2, 0.25) is 0 Å². The van der Waals surface area contributed by atoms with E-state index >= 15 is 0 Å². The molecule has 32 heavy (non-hydrogen) atoms. The average Bonchev–Trinajstić information content (AvgIpc) is 3.16. The molecule has 11 heteroatoms. The van der Waals surface area contributed by atoms with E-state index in [-0.39, 0.29) is 12.2 Å². The highest BCUT2D eigenvalue weighted by atomic mass is 32.2. The number of carboxylic acid groups (broad SMARTS) is 1. The predicted molar refractivity (Wildman–Crippen MR) is 115 cm³/mol. The van der Waals surface area contributed by atoms with Crippen molar-refractivity contribution in [1.82, 2.24) is 29.3 Å². The van der Waals surface area contributed by atoms with Crippen LogP contribution >= 0.6 is 0 Å². The van der Waals surface area contributed by atoms with Crippen molar-refractivity contribution in [2.24, 2.45) is 5.92 Å². The number of aromatic nitrogens is 5. The summed E-state index contributed by atoms with van der Waals surface area (Å²) in [5.41, 5.74) is 0.929. The van der Waals surface area contributed by atoms with Crippen molar-refractivity contribution in [3.63, 3.8) is 0 Å². The molecular weight excluding hydrogens is 432 g/mol. The van der Waals surface area contributed by atoms with Crippen LogP contribution in [0.1, 0.15) is 24.0 Å². The topological polar surface area (TPSA) is 139 Å². The zero-order valence-electron chi connectivity index (χ0n) is 17.7. The highest BCUT2D eigenvalue weighted by Crippen LogP contribution is 2.35. The van der Waals surface area contributed by atoms with Crippen LogP contribution in [-0.2, 0) is 21.2 Å². The molecule has 4 rings (SSSR count). The number of carboxylic acids is 1. The van der Waals surface area contributed by atoms with Crippen molar-refractivity contribution >= 4 is 21.8 Å². The number of fused-ring (bicyclic) bond motifs is 1. The molecule has 0 saturated heterocycles. The number of carbonyl (C=O) groups is 1. The van der Waals surface area contributed by atoms with E-state index in [2.05, 4.69) is 24.8 Å². The number of aryl methyl sites for hydroxylation is 2. The van der Waals surface area contributed by atoms with E-state index in [1.165, 1.54) is 10.6 Å². The maximum absolute atomic E-state index is 13.4. The van der Waals surface area contributed by atoms with E-state index in [9.17, 15) is 18.3 Å². The zero-order valence-corrected chi connectivity index (χ0v) is 18.5. The molecule has 0 radical (unpaired) electrons. The minimum absolute atomic E-state index is 0.0282. The second-order valence-corrected chi connectivity index (χ2v) is 9.35. The molecule has 0 aliphatic heterocycles. The number of pyridine rings is 1. The summed E-state index contributed by atoms with van der Waals surface area (Å²) in [6.45, 7) is 5.23. The number of nitrogens with zero attached hydrogens (tertiary/aromatic N) is 5. The first-order valence-corrected chi connectivity index (χ1v) is 11.3.